The van der Waals surface area contributed by atoms with Gasteiger partial charge in [0.15, 0.2) is 0 Å². The van der Waals surface area contributed by atoms with Gasteiger partial charge in [0.05, 0.1) is 11.0 Å². The first kappa shape index (κ1) is 16.4. The minimum Gasteiger partial charge on any atom is -0.373 e. The summed E-state index contributed by atoms with van der Waals surface area (Å²) in [7, 11) is 1.72. The number of aryl methyl sites for hydroxylation is 2. The van der Waals surface area contributed by atoms with E-state index in [2.05, 4.69) is 22.5 Å². The molecule has 0 aliphatic carbocycles. The molecule has 1 saturated heterocycles. The van der Waals surface area contributed by atoms with Crippen molar-refractivity contribution in [1.29, 1.82) is 0 Å². The topological polar surface area (TPSA) is 82.2 Å². The standard InChI is InChI=1S/C17H22N4O3/c1-12-15(21(22)23)17(20(2)19-12)18-11-14-9-6-10-24-16(14)13-7-4-3-5-8-13/h3-5,7-8,14,16,18H,6,9-11H2,1-2H3. The Kier molecular flexibility index (Phi) is 4.80. The number of hydrogen-bond donors (Lipinski definition) is 1. The van der Waals surface area contributed by atoms with Crippen LogP contribution in [-0.2, 0) is 11.8 Å². The van der Waals surface area contributed by atoms with Gasteiger partial charge in [0.2, 0.25) is 5.82 Å². The molecule has 0 amide bonds. The van der Waals surface area contributed by atoms with Crippen molar-refractivity contribution in [1.82, 2.24) is 9.78 Å². The van der Waals surface area contributed by atoms with Gasteiger partial charge in [0, 0.05) is 26.1 Å². The molecular formula is C17H22N4O3. The van der Waals surface area contributed by atoms with E-state index in [4.69, 9.17) is 4.74 Å². The number of hydrogen-bond acceptors (Lipinski definition) is 5. The van der Waals surface area contributed by atoms with Crippen molar-refractivity contribution in [2.75, 3.05) is 18.5 Å². The maximum atomic E-state index is 11.3. The van der Waals surface area contributed by atoms with Gasteiger partial charge in [0.25, 0.3) is 0 Å². The molecule has 1 aromatic heterocycles. The van der Waals surface area contributed by atoms with Crippen LogP contribution < -0.4 is 5.32 Å². The summed E-state index contributed by atoms with van der Waals surface area (Å²) >= 11 is 0. The number of aromatic nitrogens is 2. The normalized spacial score (nSPS) is 20.8. The second kappa shape index (κ2) is 7.00. The predicted octanol–water partition coefficient (Wildman–Crippen LogP) is 3.22. The van der Waals surface area contributed by atoms with Crippen molar-refractivity contribution >= 4 is 11.5 Å². The number of rotatable bonds is 5. The lowest BCUT2D eigenvalue weighted by Gasteiger charge is -2.32. The zero-order valence-electron chi connectivity index (χ0n) is 13.9. The molecule has 2 atom stereocenters. The van der Waals surface area contributed by atoms with Crippen molar-refractivity contribution in [3.8, 4) is 0 Å². The molecule has 0 bridgehead atoms. The van der Waals surface area contributed by atoms with Crippen LogP contribution in [0.15, 0.2) is 30.3 Å². The number of nitrogens with one attached hydrogen (secondary N) is 1. The van der Waals surface area contributed by atoms with Crippen LogP contribution >= 0.6 is 0 Å². The van der Waals surface area contributed by atoms with Crippen LogP contribution in [0.2, 0.25) is 0 Å². The van der Waals surface area contributed by atoms with Gasteiger partial charge < -0.3 is 10.1 Å². The summed E-state index contributed by atoms with van der Waals surface area (Å²) in [5.74, 6) is 0.714. The molecule has 1 aliphatic heterocycles. The first-order chi connectivity index (χ1) is 11.6. The number of nitro groups is 1. The van der Waals surface area contributed by atoms with Crippen molar-refractivity contribution in [2.24, 2.45) is 13.0 Å². The zero-order valence-corrected chi connectivity index (χ0v) is 13.9. The fourth-order valence-corrected chi connectivity index (χ4v) is 3.35. The molecule has 1 aromatic carbocycles. The van der Waals surface area contributed by atoms with E-state index in [1.807, 2.05) is 18.2 Å². The lowest BCUT2D eigenvalue weighted by atomic mass is 9.89. The molecule has 2 aromatic rings. The second-order valence-electron chi connectivity index (χ2n) is 6.15. The first-order valence-corrected chi connectivity index (χ1v) is 8.16. The Balaban J connectivity index is 1.77. The Bertz CT molecular complexity index is 714. The van der Waals surface area contributed by atoms with Gasteiger partial charge in [-0.15, -0.1) is 0 Å². The van der Waals surface area contributed by atoms with Crippen LogP contribution in [0.5, 0.6) is 0 Å². The molecule has 3 rings (SSSR count). The van der Waals surface area contributed by atoms with Crippen molar-refractivity contribution in [3.05, 3.63) is 51.7 Å². The van der Waals surface area contributed by atoms with E-state index < -0.39 is 0 Å². The van der Waals surface area contributed by atoms with E-state index in [0.29, 0.717) is 18.1 Å². The molecule has 0 radical (unpaired) electrons. The molecular weight excluding hydrogens is 308 g/mol. The predicted molar refractivity (Wildman–Crippen MR) is 90.9 cm³/mol. The van der Waals surface area contributed by atoms with Crippen molar-refractivity contribution in [2.45, 2.75) is 25.9 Å². The van der Waals surface area contributed by atoms with Crippen molar-refractivity contribution < 1.29 is 9.66 Å². The number of nitrogens with zero attached hydrogens (tertiary/aromatic N) is 3. The minimum atomic E-state index is -0.378. The van der Waals surface area contributed by atoms with E-state index in [1.54, 1.807) is 14.0 Å². The third kappa shape index (κ3) is 3.26. The fourth-order valence-electron chi connectivity index (χ4n) is 3.35. The number of ether oxygens (including phenoxy) is 1. The third-order valence-corrected chi connectivity index (χ3v) is 4.48. The van der Waals surface area contributed by atoms with Gasteiger partial charge in [-0.2, -0.15) is 5.10 Å². The summed E-state index contributed by atoms with van der Waals surface area (Å²) in [4.78, 5) is 10.9. The summed E-state index contributed by atoms with van der Waals surface area (Å²) in [6.07, 6.45) is 2.04. The van der Waals surface area contributed by atoms with E-state index in [9.17, 15) is 10.1 Å². The monoisotopic (exact) mass is 330 g/mol. The summed E-state index contributed by atoms with van der Waals surface area (Å²) < 4.78 is 7.52. The summed E-state index contributed by atoms with van der Waals surface area (Å²) in [6.45, 7) is 3.01. The van der Waals surface area contributed by atoms with Crippen LogP contribution in [0.1, 0.15) is 30.2 Å². The highest BCUT2D eigenvalue weighted by Crippen LogP contribution is 2.35. The molecule has 128 valence electrons. The Morgan fingerprint density at radius 3 is 2.88 bits per heavy atom. The van der Waals surface area contributed by atoms with E-state index in [0.717, 1.165) is 25.0 Å². The lowest BCUT2D eigenvalue weighted by Crippen LogP contribution is -2.28. The molecule has 2 heterocycles. The van der Waals surface area contributed by atoms with E-state index in [-0.39, 0.29) is 22.6 Å². The lowest BCUT2D eigenvalue weighted by molar-refractivity contribution is -0.384. The van der Waals surface area contributed by atoms with Gasteiger partial charge in [-0.1, -0.05) is 30.3 Å². The van der Waals surface area contributed by atoms with Crippen LogP contribution in [0.25, 0.3) is 0 Å². The van der Waals surface area contributed by atoms with Crippen LogP contribution in [0, 0.1) is 23.0 Å². The Labute approximate surface area is 140 Å². The second-order valence-corrected chi connectivity index (χ2v) is 6.15. The highest BCUT2D eigenvalue weighted by Gasteiger charge is 2.29. The highest BCUT2D eigenvalue weighted by atomic mass is 16.6. The maximum absolute atomic E-state index is 11.3. The first-order valence-electron chi connectivity index (χ1n) is 8.16. The molecule has 24 heavy (non-hydrogen) atoms. The van der Waals surface area contributed by atoms with Gasteiger partial charge >= 0.3 is 5.69 Å². The fraction of sp³-hybridized carbons (Fsp3) is 0.471. The van der Waals surface area contributed by atoms with Gasteiger partial charge in [-0.05, 0) is 25.3 Å². The minimum absolute atomic E-state index is 0.0147. The maximum Gasteiger partial charge on any atom is 0.333 e. The average Bonchev–Trinajstić information content (AvgIpc) is 2.87. The molecule has 1 fully saturated rings. The molecule has 7 heteroatoms. The van der Waals surface area contributed by atoms with E-state index in [1.165, 1.54) is 4.68 Å². The quantitative estimate of drug-likeness (QED) is 0.672. The van der Waals surface area contributed by atoms with Gasteiger partial charge in [0.1, 0.15) is 5.69 Å². The average molecular weight is 330 g/mol. The highest BCUT2D eigenvalue weighted by molar-refractivity contribution is 5.59. The van der Waals surface area contributed by atoms with Crippen LogP contribution in [0.3, 0.4) is 0 Å². The molecule has 0 saturated carbocycles. The summed E-state index contributed by atoms with van der Waals surface area (Å²) in [5, 5.41) is 18.7. The number of anilines is 1. The van der Waals surface area contributed by atoms with Crippen LogP contribution in [0.4, 0.5) is 11.5 Å². The SMILES string of the molecule is Cc1nn(C)c(NCC2CCCOC2c2ccccc2)c1[N+](=O)[O-]. The molecule has 1 N–H and O–H groups in total. The zero-order chi connectivity index (χ0) is 17.1. The Morgan fingerprint density at radius 2 is 2.17 bits per heavy atom. The number of benzene rings is 1. The third-order valence-electron chi connectivity index (χ3n) is 4.48. The van der Waals surface area contributed by atoms with E-state index >= 15 is 0 Å². The Hall–Kier alpha value is -2.41. The van der Waals surface area contributed by atoms with Gasteiger partial charge in [-0.25, -0.2) is 4.68 Å². The Morgan fingerprint density at radius 1 is 1.42 bits per heavy atom. The summed E-state index contributed by atoms with van der Waals surface area (Å²) in [6, 6.07) is 10.1. The van der Waals surface area contributed by atoms with Gasteiger partial charge in [-0.3, -0.25) is 10.1 Å². The van der Waals surface area contributed by atoms with Crippen molar-refractivity contribution in [3.63, 3.8) is 0 Å². The smallest absolute Gasteiger partial charge is 0.333 e. The molecule has 0 spiro atoms. The molecule has 7 nitrogen and oxygen atoms in total. The molecule has 2 unspecified atom stereocenters. The van der Waals surface area contributed by atoms with Crippen LogP contribution in [-0.4, -0.2) is 27.9 Å². The molecule has 1 aliphatic rings. The summed E-state index contributed by atoms with van der Waals surface area (Å²) in [5.41, 5.74) is 1.62. The largest absolute Gasteiger partial charge is 0.373 e.